The van der Waals surface area contributed by atoms with E-state index in [4.69, 9.17) is 22.8 Å². The van der Waals surface area contributed by atoms with Gasteiger partial charge in [0.05, 0.1) is 6.21 Å². The van der Waals surface area contributed by atoms with Crippen molar-refractivity contribution in [3.8, 4) is 18.1 Å². The van der Waals surface area contributed by atoms with Crippen molar-refractivity contribution in [2.75, 3.05) is 6.61 Å². The van der Waals surface area contributed by atoms with Crippen molar-refractivity contribution < 1.29 is 9.53 Å². The molecule has 0 bridgehead atoms. The average molecular weight is 392 g/mol. The van der Waals surface area contributed by atoms with Crippen LogP contribution in [0.2, 0.25) is 5.02 Å². The minimum atomic E-state index is -0.334. The van der Waals surface area contributed by atoms with E-state index in [2.05, 4.69) is 32.4 Å². The molecule has 1 amide bonds. The maximum absolute atomic E-state index is 11.9. The number of terminal acetylenes is 1. The molecule has 0 saturated carbocycles. The van der Waals surface area contributed by atoms with Crippen LogP contribution in [0.1, 0.15) is 15.9 Å². The second-order valence-corrected chi connectivity index (χ2v) is 5.73. The molecule has 0 radical (unpaired) electrons. The summed E-state index contributed by atoms with van der Waals surface area (Å²) < 4.78 is 6.28. The number of benzene rings is 2. The van der Waals surface area contributed by atoms with Crippen molar-refractivity contribution in [3.63, 3.8) is 0 Å². The minimum absolute atomic E-state index is 0.152. The Morgan fingerprint density at radius 2 is 2.09 bits per heavy atom. The van der Waals surface area contributed by atoms with Gasteiger partial charge in [0, 0.05) is 20.6 Å². The molecule has 0 atom stereocenters. The molecule has 0 unspecified atom stereocenters. The molecule has 2 rings (SSSR count). The lowest BCUT2D eigenvalue weighted by Crippen LogP contribution is -2.17. The lowest BCUT2D eigenvalue weighted by molar-refractivity contribution is 0.0955. The molecule has 4 nitrogen and oxygen atoms in total. The van der Waals surface area contributed by atoms with E-state index in [0.717, 1.165) is 4.47 Å². The third kappa shape index (κ3) is 5.13. The van der Waals surface area contributed by atoms with E-state index in [-0.39, 0.29) is 12.5 Å². The van der Waals surface area contributed by atoms with Gasteiger partial charge in [-0.2, -0.15) is 5.10 Å². The molecular formula is C17H12BrClN2O2. The highest BCUT2D eigenvalue weighted by Crippen LogP contribution is 2.21. The fourth-order valence-electron chi connectivity index (χ4n) is 1.70. The Morgan fingerprint density at radius 1 is 1.35 bits per heavy atom. The number of hydrogen-bond donors (Lipinski definition) is 1. The summed E-state index contributed by atoms with van der Waals surface area (Å²) in [6, 6.07) is 11.9. The summed E-state index contributed by atoms with van der Waals surface area (Å²) >= 11 is 9.15. The van der Waals surface area contributed by atoms with Crippen LogP contribution in [0.5, 0.6) is 5.75 Å². The molecule has 116 valence electrons. The van der Waals surface area contributed by atoms with Gasteiger partial charge in [0.2, 0.25) is 0 Å². The first-order chi connectivity index (χ1) is 11.1. The van der Waals surface area contributed by atoms with Crippen LogP contribution < -0.4 is 10.2 Å². The second-order valence-electron chi connectivity index (χ2n) is 4.38. The van der Waals surface area contributed by atoms with Crippen LogP contribution in [0, 0.1) is 12.3 Å². The number of halogens is 2. The van der Waals surface area contributed by atoms with E-state index in [1.807, 2.05) is 12.1 Å². The van der Waals surface area contributed by atoms with E-state index in [1.165, 1.54) is 6.21 Å². The minimum Gasteiger partial charge on any atom is -0.480 e. The Balaban J connectivity index is 2.07. The molecule has 0 fully saturated rings. The number of hydrogen-bond acceptors (Lipinski definition) is 3. The number of carbonyl (C=O) groups excluding carboxylic acids is 1. The molecule has 0 aliphatic carbocycles. The summed E-state index contributed by atoms with van der Waals surface area (Å²) in [7, 11) is 0. The molecule has 0 heterocycles. The van der Waals surface area contributed by atoms with Crippen molar-refractivity contribution in [1.82, 2.24) is 5.43 Å². The van der Waals surface area contributed by atoms with E-state index >= 15 is 0 Å². The van der Waals surface area contributed by atoms with E-state index in [9.17, 15) is 4.79 Å². The fraction of sp³-hybridized carbons (Fsp3) is 0.0588. The molecule has 0 saturated heterocycles. The van der Waals surface area contributed by atoms with Crippen molar-refractivity contribution in [1.29, 1.82) is 0 Å². The van der Waals surface area contributed by atoms with Gasteiger partial charge in [-0.3, -0.25) is 4.79 Å². The largest absolute Gasteiger partial charge is 0.480 e. The Bertz CT molecular complexity index is 767. The molecule has 0 aliphatic heterocycles. The van der Waals surface area contributed by atoms with Gasteiger partial charge < -0.3 is 4.74 Å². The highest BCUT2D eigenvalue weighted by Gasteiger charge is 2.05. The van der Waals surface area contributed by atoms with Crippen LogP contribution in [0.15, 0.2) is 52.0 Å². The highest BCUT2D eigenvalue weighted by molar-refractivity contribution is 9.10. The quantitative estimate of drug-likeness (QED) is 0.478. The van der Waals surface area contributed by atoms with Gasteiger partial charge in [-0.25, -0.2) is 5.43 Å². The first-order valence-electron chi connectivity index (χ1n) is 6.55. The van der Waals surface area contributed by atoms with Gasteiger partial charge in [0.15, 0.2) is 0 Å². The van der Waals surface area contributed by atoms with Crippen molar-refractivity contribution >= 4 is 39.7 Å². The zero-order chi connectivity index (χ0) is 16.7. The second kappa shape index (κ2) is 8.37. The topological polar surface area (TPSA) is 50.7 Å². The Morgan fingerprint density at radius 3 is 2.78 bits per heavy atom. The first-order valence-corrected chi connectivity index (χ1v) is 7.72. The molecule has 0 spiro atoms. The molecule has 1 N–H and O–H groups in total. The number of hydrazone groups is 1. The zero-order valence-electron chi connectivity index (χ0n) is 11.9. The number of carbonyl (C=O) groups is 1. The number of ether oxygens (including phenoxy) is 1. The summed E-state index contributed by atoms with van der Waals surface area (Å²) in [5, 5.41) is 4.50. The van der Waals surface area contributed by atoms with Gasteiger partial charge in [0.1, 0.15) is 12.4 Å². The number of nitrogens with one attached hydrogen (secondary N) is 1. The molecule has 2 aromatic carbocycles. The maximum atomic E-state index is 11.9. The average Bonchev–Trinajstić information content (AvgIpc) is 2.54. The van der Waals surface area contributed by atoms with Crippen LogP contribution in [-0.4, -0.2) is 18.7 Å². The third-order valence-electron chi connectivity index (χ3n) is 2.76. The summed E-state index contributed by atoms with van der Waals surface area (Å²) in [5.74, 6) is 2.64. The van der Waals surface area contributed by atoms with E-state index in [0.29, 0.717) is 21.9 Å². The molecular weight excluding hydrogens is 380 g/mol. The Hall–Kier alpha value is -2.29. The maximum Gasteiger partial charge on any atom is 0.271 e. The van der Waals surface area contributed by atoms with Crippen molar-refractivity contribution in [3.05, 3.63) is 63.1 Å². The number of nitrogens with zero attached hydrogens (tertiary/aromatic N) is 1. The lowest BCUT2D eigenvalue weighted by Gasteiger charge is -2.06. The lowest BCUT2D eigenvalue weighted by atomic mass is 10.2. The monoisotopic (exact) mass is 390 g/mol. The normalized spacial score (nSPS) is 10.3. The van der Waals surface area contributed by atoms with Gasteiger partial charge in [0.25, 0.3) is 5.91 Å². The molecule has 6 heteroatoms. The summed E-state index contributed by atoms with van der Waals surface area (Å²) in [5.41, 5.74) is 3.59. The van der Waals surface area contributed by atoms with Crippen LogP contribution in [0.25, 0.3) is 0 Å². The summed E-state index contributed by atoms with van der Waals surface area (Å²) in [6.45, 7) is 0.152. The standard InChI is InChI=1S/C17H12BrClN2O2/c1-2-9-23-16-8-5-14(18)10-13(16)11-20-21-17(22)12-3-6-15(19)7-4-12/h1,3-8,10-11H,9H2,(H,21,22)/b20-11+. The number of rotatable bonds is 5. The highest BCUT2D eigenvalue weighted by atomic mass is 79.9. The smallest absolute Gasteiger partial charge is 0.271 e. The zero-order valence-corrected chi connectivity index (χ0v) is 14.3. The number of amides is 1. The predicted octanol–water partition coefficient (Wildman–Crippen LogP) is 3.88. The van der Waals surface area contributed by atoms with Crippen LogP contribution in [-0.2, 0) is 0 Å². The van der Waals surface area contributed by atoms with Crippen LogP contribution in [0.4, 0.5) is 0 Å². The summed E-state index contributed by atoms with van der Waals surface area (Å²) in [6.07, 6.45) is 6.68. The molecule has 0 aliphatic rings. The molecule has 23 heavy (non-hydrogen) atoms. The van der Waals surface area contributed by atoms with E-state index in [1.54, 1.807) is 30.3 Å². The van der Waals surface area contributed by atoms with Gasteiger partial charge >= 0.3 is 0 Å². The van der Waals surface area contributed by atoms with E-state index < -0.39 is 0 Å². The Labute approximate surface area is 147 Å². The van der Waals surface area contributed by atoms with Gasteiger partial charge in [-0.15, -0.1) is 6.42 Å². The van der Waals surface area contributed by atoms with Gasteiger partial charge in [-0.1, -0.05) is 33.5 Å². The van der Waals surface area contributed by atoms with Crippen LogP contribution >= 0.6 is 27.5 Å². The first kappa shape index (κ1) is 17.1. The fourth-order valence-corrected chi connectivity index (χ4v) is 2.20. The Kier molecular flexibility index (Phi) is 6.21. The van der Waals surface area contributed by atoms with Crippen LogP contribution in [0.3, 0.4) is 0 Å². The summed E-state index contributed by atoms with van der Waals surface area (Å²) in [4.78, 5) is 11.9. The predicted molar refractivity (Wildman–Crippen MR) is 95.0 cm³/mol. The molecule has 2 aromatic rings. The van der Waals surface area contributed by atoms with Crippen molar-refractivity contribution in [2.45, 2.75) is 0 Å². The van der Waals surface area contributed by atoms with Crippen molar-refractivity contribution in [2.24, 2.45) is 5.10 Å². The SMILES string of the molecule is C#CCOc1ccc(Br)cc1/C=N/NC(=O)c1ccc(Cl)cc1. The third-order valence-corrected chi connectivity index (χ3v) is 3.50. The molecule has 0 aromatic heterocycles. The van der Waals surface area contributed by atoms with Gasteiger partial charge in [-0.05, 0) is 42.5 Å².